The Morgan fingerprint density at radius 1 is 1.32 bits per heavy atom. The van der Waals surface area contributed by atoms with Crippen LogP contribution in [0.1, 0.15) is 35.0 Å². The zero-order valence-electron chi connectivity index (χ0n) is 13.8. The van der Waals surface area contributed by atoms with Crippen LogP contribution in [-0.2, 0) is 11.2 Å². The third-order valence-corrected chi connectivity index (χ3v) is 4.62. The third kappa shape index (κ3) is 4.07. The second kappa shape index (κ2) is 8.05. The molecule has 2 aromatic heterocycles. The van der Waals surface area contributed by atoms with Crippen molar-refractivity contribution < 1.29 is 13.9 Å². The van der Waals surface area contributed by atoms with Crippen molar-refractivity contribution >= 4 is 33.9 Å². The van der Waals surface area contributed by atoms with Crippen LogP contribution >= 0.6 is 22.6 Å². The van der Waals surface area contributed by atoms with E-state index in [1.165, 1.54) is 6.07 Å². The fourth-order valence-corrected chi connectivity index (χ4v) is 3.17. The predicted octanol–water partition coefficient (Wildman–Crippen LogP) is 4.28. The van der Waals surface area contributed by atoms with Crippen molar-refractivity contribution in [1.29, 1.82) is 0 Å². The van der Waals surface area contributed by atoms with Gasteiger partial charge in [0.25, 0.3) is 0 Å². The molecular weight excluding hydrogens is 434 g/mol. The summed E-state index contributed by atoms with van der Waals surface area (Å²) in [7, 11) is 0. The van der Waals surface area contributed by atoms with Crippen molar-refractivity contribution in [2.45, 2.75) is 19.8 Å². The number of carbonyl (C=O) groups excluding carboxylic acids is 1. The van der Waals surface area contributed by atoms with Gasteiger partial charge in [-0.2, -0.15) is 0 Å². The highest BCUT2D eigenvalue weighted by molar-refractivity contribution is 14.1. The normalized spacial score (nSPS) is 11.2. The maximum atomic E-state index is 14.3. The lowest BCUT2D eigenvalue weighted by Crippen LogP contribution is -2.15. The molecular formula is C19H18FIN2O2. The van der Waals surface area contributed by atoms with Gasteiger partial charge in [0.1, 0.15) is 12.4 Å². The van der Waals surface area contributed by atoms with E-state index in [0.717, 1.165) is 21.2 Å². The van der Waals surface area contributed by atoms with E-state index in [1.54, 1.807) is 24.7 Å². The summed E-state index contributed by atoms with van der Waals surface area (Å²) in [6.45, 7) is 2.56. The van der Waals surface area contributed by atoms with Crippen molar-refractivity contribution in [2.24, 2.45) is 0 Å². The number of Topliss-reactive ketones (excluding diaryl/α,β-unsaturated/α-hetero) is 1. The average Bonchev–Trinajstić information content (AvgIpc) is 3.06. The summed E-state index contributed by atoms with van der Waals surface area (Å²) in [5.41, 5.74) is 2.68. The van der Waals surface area contributed by atoms with Gasteiger partial charge in [-0.25, -0.2) is 9.37 Å². The molecule has 130 valence electrons. The molecule has 0 radical (unpaired) electrons. The molecule has 0 bridgehead atoms. The van der Waals surface area contributed by atoms with Crippen LogP contribution in [0.2, 0.25) is 0 Å². The summed E-state index contributed by atoms with van der Waals surface area (Å²) < 4.78 is 22.4. The first kappa shape index (κ1) is 18.0. The Kier molecular flexibility index (Phi) is 5.80. The molecule has 0 amide bonds. The first-order chi connectivity index (χ1) is 12.1. The third-order valence-electron chi connectivity index (χ3n) is 3.94. The van der Waals surface area contributed by atoms with Gasteiger partial charge in [0.05, 0.1) is 18.0 Å². The molecule has 0 spiro atoms. The maximum Gasteiger partial charge on any atom is 0.190 e. The fourth-order valence-electron chi connectivity index (χ4n) is 2.72. The van der Waals surface area contributed by atoms with E-state index in [9.17, 15) is 9.18 Å². The molecule has 0 aliphatic heterocycles. The maximum absolute atomic E-state index is 14.3. The number of imidazole rings is 1. The number of carbonyl (C=O) groups is 1. The molecule has 2 heterocycles. The first-order valence-electron chi connectivity index (χ1n) is 8.09. The number of aromatic nitrogens is 2. The van der Waals surface area contributed by atoms with E-state index in [-0.39, 0.29) is 18.2 Å². The topological polar surface area (TPSA) is 43.6 Å². The predicted molar refractivity (Wildman–Crippen MR) is 103 cm³/mol. The average molecular weight is 452 g/mol. The van der Waals surface area contributed by atoms with Crippen molar-refractivity contribution in [1.82, 2.24) is 9.38 Å². The second-order valence-electron chi connectivity index (χ2n) is 5.77. The summed E-state index contributed by atoms with van der Waals surface area (Å²) in [6.07, 6.45) is 4.54. The Bertz CT molecular complexity index is 908. The summed E-state index contributed by atoms with van der Waals surface area (Å²) in [5, 5.41) is 0. The molecule has 0 fully saturated rings. The number of fused-ring (bicyclic) bond motifs is 1. The number of nitrogens with zero attached hydrogens (tertiary/aromatic N) is 2. The van der Waals surface area contributed by atoms with Crippen LogP contribution in [0.3, 0.4) is 0 Å². The van der Waals surface area contributed by atoms with Gasteiger partial charge in [-0.3, -0.25) is 4.79 Å². The van der Waals surface area contributed by atoms with E-state index in [4.69, 9.17) is 4.74 Å². The lowest BCUT2D eigenvalue weighted by molar-refractivity contribution is 0.0760. The Labute approximate surface area is 159 Å². The minimum absolute atomic E-state index is 0.0240. The highest BCUT2D eigenvalue weighted by atomic mass is 127. The first-order valence-corrected chi connectivity index (χ1v) is 9.17. The second-order valence-corrected chi connectivity index (χ2v) is 7.02. The van der Waals surface area contributed by atoms with Crippen LogP contribution in [0.25, 0.3) is 5.52 Å². The SMILES string of the molecule is CCCOCC(=O)c1ccc2cncn2c1Cc1ccc(I)cc1F. The minimum Gasteiger partial charge on any atom is -0.373 e. The molecule has 0 N–H and O–H groups in total. The van der Waals surface area contributed by atoms with Gasteiger partial charge in [0.15, 0.2) is 5.78 Å². The summed E-state index contributed by atoms with van der Waals surface area (Å²) in [5.74, 6) is -0.380. The van der Waals surface area contributed by atoms with Crippen molar-refractivity contribution in [3.63, 3.8) is 0 Å². The van der Waals surface area contributed by atoms with Crippen molar-refractivity contribution in [3.8, 4) is 0 Å². The molecule has 6 heteroatoms. The van der Waals surface area contributed by atoms with Crippen LogP contribution in [0.4, 0.5) is 4.39 Å². The van der Waals surface area contributed by atoms with Crippen LogP contribution in [0, 0.1) is 9.39 Å². The van der Waals surface area contributed by atoms with E-state index in [2.05, 4.69) is 27.6 Å². The Balaban J connectivity index is 2.00. The van der Waals surface area contributed by atoms with E-state index in [0.29, 0.717) is 24.2 Å². The number of pyridine rings is 1. The number of ketones is 1. The van der Waals surface area contributed by atoms with Gasteiger partial charge < -0.3 is 9.14 Å². The van der Waals surface area contributed by atoms with E-state index in [1.807, 2.05) is 23.5 Å². The van der Waals surface area contributed by atoms with E-state index >= 15 is 0 Å². The number of hydrogen-bond acceptors (Lipinski definition) is 3. The van der Waals surface area contributed by atoms with Gasteiger partial charge in [-0.15, -0.1) is 0 Å². The van der Waals surface area contributed by atoms with Crippen LogP contribution in [0.5, 0.6) is 0 Å². The molecule has 3 aromatic rings. The molecule has 0 unspecified atom stereocenters. The molecule has 4 nitrogen and oxygen atoms in total. The fraction of sp³-hybridized carbons (Fsp3) is 0.263. The smallest absolute Gasteiger partial charge is 0.190 e. The molecule has 0 aliphatic rings. The number of ether oxygens (including phenoxy) is 1. The summed E-state index contributed by atoms with van der Waals surface area (Å²) in [4.78, 5) is 16.7. The molecule has 1 aromatic carbocycles. The van der Waals surface area contributed by atoms with Gasteiger partial charge >= 0.3 is 0 Å². The largest absolute Gasteiger partial charge is 0.373 e. The summed E-state index contributed by atoms with van der Waals surface area (Å²) >= 11 is 2.08. The van der Waals surface area contributed by atoms with Gasteiger partial charge in [0.2, 0.25) is 0 Å². The van der Waals surface area contributed by atoms with Crippen LogP contribution < -0.4 is 0 Å². The zero-order chi connectivity index (χ0) is 17.8. The van der Waals surface area contributed by atoms with Gasteiger partial charge in [-0.1, -0.05) is 13.0 Å². The monoisotopic (exact) mass is 452 g/mol. The van der Waals surface area contributed by atoms with Crippen LogP contribution in [0.15, 0.2) is 42.9 Å². The number of halogens is 2. The molecule has 0 saturated carbocycles. The number of benzene rings is 1. The number of hydrogen-bond donors (Lipinski definition) is 0. The standard InChI is InChI=1S/C19H18FIN2O2/c1-2-7-25-11-19(24)16-6-5-15-10-22-12-23(15)18(16)8-13-3-4-14(21)9-17(13)20/h3-6,9-10,12H,2,7-8,11H2,1H3. The number of rotatable bonds is 7. The van der Waals surface area contributed by atoms with Gasteiger partial charge in [-0.05, 0) is 58.8 Å². The van der Waals surface area contributed by atoms with Crippen LogP contribution in [-0.4, -0.2) is 28.4 Å². The molecule has 25 heavy (non-hydrogen) atoms. The summed E-state index contributed by atoms with van der Waals surface area (Å²) in [6, 6.07) is 8.73. The zero-order valence-corrected chi connectivity index (χ0v) is 16.0. The Hall–Kier alpha value is -1.80. The van der Waals surface area contributed by atoms with Crippen molar-refractivity contribution in [2.75, 3.05) is 13.2 Å². The quantitative estimate of drug-likeness (QED) is 0.306. The molecule has 0 atom stereocenters. The minimum atomic E-state index is -0.273. The van der Waals surface area contributed by atoms with E-state index < -0.39 is 0 Å². The Morgan fingerprint density at radius 3 is 2.92 bits per heavy atom. The molecule has 0 saturated heterocycles. The lowest BCUT2D eigenvalue weighted by atomic mass is 10.0. The highest BCUT2D eigenvalue weighted by Crippen LogP contribution is 2.21. The lowest BCUT2D eigenvalue weighted by Gasteiger charge is -2.13. The Morgan fingerprint density at radius 2 is 2.16 bits per heavy atom. The van der Waals surface area contributed by atoms with Gasteiger partial charge in [0, 0.05) is 27.9 Å². The molecule has 3 rings (SSSR count). The highest BCUT2D eigenvalue weighted by Gasteiger charge is 2.17. The molecule has 0 aliphatic carbocycles. The van der Waals surface area contributed by atoms with Crippen molar-refractivity contribution in [3.05, 3.63) is 69.1 Å².